The topological polar surface area (TPSA) is 56.6 Å². The van der Waals surface area contributed by atoms with Crippen LogP contribution in [-0.4, -0.2) is 53.1 Å². The van der Waals surface area contributed by atoms with Gasteiger partial charge in [-0.25, -0.2) is 9.48 Å². The van der Waals surface area contributed by atoms with E-state index in [1.807, 2.05) is 18.5 Å². The van der Waals surface area contributed by atoms with E-state index in [0.29, 0.717) is 6.54 Å². The Morgan fingerprint density at radius 2 is 2.00 bits per heavy atom. The molecule has 1 aromatic heterocycles. The number of ether oxygens (including phenoxy) is 2. The van der Waals surface area contributed by atoms with E-state index in [-0.39, 0.29) is 12.1 Å². The fourth-order valence-electron chi connectivity index (χ4n) is 3.32. The van der Waals surface area contributed by atoms with Gasteiger partial charge >= 0.3 is 5.97 Å². The molecular formula is C19H25N3O3. The molecule has 2 aromatic rings. The van der Waals surface area contributed by atoms with Gasteiger partial charge in [-0.2, -0.15) is 5.10 Å². The predicted octanol–water partition coefficient (Wildman–Crippen LogP) is 2.25. The summed E-state index contributed by atoms with van der Waals surface area (Å²) in [5, 5.41) is 4.51. The van der Waals surface area contributed by atoms with E-state index in [1.54, 1.807) is 0 Å². The molecule has 6 nitrogen and oxygen atoms in total. The highest BCUT2D eigenvalue weighted by Gasteiger charge is 2.30. The summed E-state index contributed by atoms with van der Waals surface area (Å²) in [6.07, 6.45) is -0.505. The van der Waals surface area contributed by atoms with Crippen molar-refractivity contribution in [2.75, 3.05) is 20.2 Å². The molecule has 2 atom stereocenters. The summed E-state index contributed by atoms with van der Waals surface area (Å²) < 4.78 is 12.4. The van der Waals surface area contributed by atoms with Crippen LogP contribution in [-0.2, 0) is 20.8 Å². The number of nitrogens with zero attached hydrogens (tertiary/aromatic N) is 3. The second-order valence-corrected chi connectivity index (χ2v) is 6.66. The third-order valence-corrected chi connectivity index (χ3v) is 4.40. The Balaban J connectivity index is 1.68. The van der Waals surface area contributed by atoms with Gasteiger partial charge in [-0.1, -0.05) is 12.1 Å². The largest absolute Gasteiger partial charge is 0.467 e. The predicted molar refractivity (Wildman–Crippen MR) is 94.7 cm³/mol. The number of aryl methyl sites for hydroxylation is 2. The van der Waals surface area contributed by atoms with Gasteiger partial charge in [-0.05, 0) is 44.5 Å². The highest BCUT2D eigenvalue weighted by atomic mass is 16.6. The summed E-state index contributed by atoms with van der Waals surface area (Å²) in [6.45, 7) is 8.15. The first kappa shape index (κ1) is 17.6. The smallest absolute Gasteiger partial charge is 0.336 e. The number of carbonyl (C=O) groups is 1. The van der Waals surface area contributed by atoms with E-state index in [4.69, 9.17) is 9.47 Å². The summed E-state index contributed by atoms with van der Waals surface area (Å²) >= 11 is 0. The van der Waals surface area contributed by atoms with E-state index in [0.717, 1.165) is 30.2 Å². The molecule has 1 aliphatic heterocycles. The third kappa shape index (κ3) is 4.08. The average Bonchev–Trinajstić information content (AvgIpc) is 2.92. The van der Waals surface area contributed by atoms with E-state index >= 15 is 0 Å². The minimum atomic E-state index is -0.511. The summed E-state index contributed by atoms with van der Waals surface area (Å²) in [5.74, 6) is -0.309. The Morgan fingerprint density at radius 1 is 1.28 bits per heavy atom. The van der Waals surface area contributed by atoms with E-state index in [2.05, 4.69) is 47.3 Å². The molecule has 25 heavy (non-hydrogen) atoms. The molecule has 0 saturated carbocycles. The van der Waals surface area contributed by atoms with Gasteiger partial charge in [0.25, 0.3) is 0 Å². The SMILES string of the molecule is COC(=O)[C@H]1CN(Cc2ccc(-n3nc(C)cc3C)cc2)C[C@@H](C)O1. The monoisotopic (exact) mass is 343 g/mol. The number of hydrogen-bond donors (Lipinski definition) is 0. The Hall–Kier alpha value is -2.18. The molecule has 0 amide bonds. The van der Waals surface area contributed by atoms with Crippen molar-refractivity contribution in [3.8, 4) is 5.69 Å². The van der Waals surface area contributed by atoms with Crippen molar-refractivity contribution < 1.29 is 14.3 Å². The van der Waals surface area contributed by atoms with Crippen molar-refractivity contribution in [1.29, 1.82) is 0 Å². The van der Waals surface area contributed by atoms with Gasteiger partial charge in [0.2, 0.25) is 0 Å². The fourth-order valence-corrected chi connectivity index (χ4v) is 3.32. The zero-order valence-corrected chi connectivity index (χ0v) is 15.2. The van der Waals surface area contributed by atoms with E-state index < -0.39 is 6.10 Å². The molecular weight excluding hydrogens is 318 g/mol. The van der Waals surface area contributed by atoms with Crippen molar-refractivity contribution >= 4 is 5.97 Å². The average molecular weight is 343 g/mol. The fraction of sp³-hybridized carbons (Fsp3) is 0.474. The van der Waals surface area contributed by atoms with Gasteiger partial charge in [0.15, 0.2) is 6.10 Å². The van der Waals surface area contributed by atoms with E-state index in [9.17, 15) is 4.79 Å². The molecule has 0 aliphatic carbocycles. The molecule has 3 rings (SSSR count). The molecule has 2 heterocycles. The number of aromatic nitrogens is 2. The lowest BCUT2D eigenvalue weighted by molar-refractivity contribution is -0.166. The van der Waals surface area contributed by atoms with Gasteiger partial charge in [-0.3, -0.25) is 4.90 Å². The first-order valence-electron chi connectivity index (χ1n) is 8.54. The maximum absolute atomic E-state index is 11.8. The molecule has 0 N–H and O–H groups in total. The number of methoxy groups -OCH3 is 1. The minimum Gasteiger partial charge on any atom is -0.467 e. The van der Waals surface area contributed by atoms with Crippen molar-refractivity contribution in [3.63, 3.8) is 0 Å². The van der Waals surface area contributed by atoms with Crippen LogP contribution >= 0.6 is 0 Å². The molecule has 0 spiro atoms. The van der Waals surface area contributed by atoms with Gasteiger partial charge in [0.05, 0.1) is 24.6 Å². The Morgan fingerprint density at radius 3 is 2.60 bits per heavy atom. The molecule has 6 heteroatoms. The standard InChI is InChI=1S/C19H25N3O3/c1-13-9-14(2)22(20-13)17-7-5-16(6-8-17)11-21-10-15(3)25-18(12-21)19(23)24-4/h5-9,15,18H,10-12H2,1-4H3/t15-,18-/m1/s1. The summed E-state index contributed by atoms with van der Waals surface area (Å²) in [5.41, 5.74) is 4.38. The van der Waals surface area contributed by atoms with Crippen LogP contribution in [0.2, 0.25) is 0 Å². The Bertz CT molecular complexity index is 739. The second-order valence-electron chi connectivity index (χ2n) is 6.66. The van der Waals surface area contributed by atoms with Crippen LogP contribution in [0.25, 0.3) is 5.69 Å². The quantitative estimate of drug-likeness (QED) is 0.797. The van der Waals surface area contributed by atoms with Crippen LogP contribution in [0.1, 0.15) is 23.9 Å². The second kappa shape index (κ2) is 7.37. The van der Waals surface area contributed by atoms with Gasteiger partial charge in [-0.15, -0.1) is 0 Å². The molecule has 0 radical (unpaired) electrons. The Kier molecular flexibility index (Phi) is 5.20. The first-order valence-corrected chi connectivity index (χ1v) is 8.54. The Labute approximate surface area is 148 Å². The van der Waals surface area contributed by atoms with Crippen LogP contribution in [0.5, 0.6) is 0 Å². The highest BCUT2D eigenvalue weighted by Crippen LogP contribution is 2.17. The summed E-state index contributed by atoms with van der Waals surface area (Å²) in [7, 11) is 1.40. The number of morpholine rings is 1. The van der Waals surface area contributed by atoms with Gasteiger partial charge in [0, 0.05) is 25.3 Å². The molecule has 1 saturated heterocycles. The lowest BCUT2D eigenvalue weighted by Crippen LogP contribution is -2.49. The van der Waals surface area contributed by atoms with Crippen LogP contribution < -0.4 is 0 Å². The summed E-state index contributed by atoms with van der Waals surface area (Å²) in [6, 6.07) is 10.4. The van der Waals surface area contributed by atoms with Crippen LogP contribution in [0.3, 0.4) is 0 Å². The molecule has 134 valence electrons. The van der Waals surface area contributed by atoms with Gasteiger partial charge in [0.1, 0.15) is 0 Å². The maximum Gasteiger partial charge on any atom is 0.336 e. The molecule has 1 aliphatic rings. The molecule has 1 fully saturated rings. The van der Waals surface area contributed by atoms with Crippen LogP contribution in [0.4, 0.5) is 0 Å². The van der Waals surface area contributed by atoms with Crippen molar-refractivity contribution in [3.05, 3.63) is 47.3 Å². The zero-order chi connectivity index (χ0) is 18.0. The lowest BCUT2D eigenvalue weighted by Gasteiger charge is -2.35. The molecule has 0 unspecified atom stereocenters. The number of carbonyl (C=O) groups excluding carboxylic acids is 1. The summed E-state index contributed by atoms with van der Waals surface area (Å²) in [4.78, 5) is 14.0. The molecule has 0 bridgehead atoms. The number of hydrogen-bond acceptors (Lipinski definition) is 5. The minimum absolute atomic E-state index is 0.00632. The van der Waals surface area contributed by atoms with Crippen LogP contribution in [0.15, 0.2) is 30.3 Å². The maximum atomic E-state index is 11.8. The zero-order valence-electron chi connectivity index (χ0n) is 15.2. The van der Waals surface area contributed by atoms with Crippen LogP contribution in [0, 0.1) is 13.8 Å². The number of esters is 1. The first-order chi connectivity index (χ1) is 12.0. The lowest BCUT2D eigenvalue weighted by atomic mass is 10.1. The van der Waals surface area contributed by atoms with Crippen molar-refractivity contribution in [1.82, 2.24) is 14.7 Å². The normalized spacial score (nSPS) is 21.3. The van der Waals surface area contributed by atoms with Gasteiger partial charge < -0.3 is 9.47 Å². The van der Waals surface area contributed by atoms with E-state index in [1.165, 1.54) is 12.7 Å². The van der Waals surface area contributed by atoms with Crippen molar-refractivity contribution in [2.45, 2.75) is 39.5 Å². The third-order valence-electron chi connectivity index (χ3n) is 4.40. The highest BCUT2D eigenvalue weighted by molar-refractivity contribution is 5.75. The van der Waals surface area contributed by atoms with Crippen molar-refractivity contribution in [2.24, 2.45) is 0 Å². The number of benzene rings is 1. The number of rotatable bonds is 4. The molecule has 1 aromatic carbocycles.